The zero-order valence-corrected chi connectivity index (χ0v) is 59.0. The number of primary amides is 1. The van der Waals surface area contributed by atoms with Crippen LogP contribution in [0.4, 0.5) is 0 Å². The molecular weight excluding hydrogens is 1320 g/mol. The maximum Gasteiger partial charge on any atom is 0.305 e. The van der Waals surface area contributed by atoms with Gasteiger partial charge in [0.1, 0.15) is 66.5 Å². The van der Waals surface area contributed by atoms with E-state index in [9.17, 15) is 77.3 Å². The van der Waals surface area contributed by atoms with E-state index in [1.807, 2.05) is 27.7 Å². The Balaban J connectivity index is 1.77. The quantitative estimate of drug-likeness (QED) is 0.0401. The standard InChI is InChI=1S/C66H103N17O16S/c1-9-35(6)52(69)66-81-48(32-100-66)63(97)76-43(26-34(4)5)59(93)74-42(22-23-50(85)86)58(92)83-53(36(7)10-2)64(98)75-40-20-15-16-25-71-55(89)46(29-49(68)84)78-62(96)47(30-51(87)88)79-61(95)45(28-39-31-70-33-72-39)77-60(94)44(27-38-18-13-12-14-19-38)80-65(99)54(37(8)11-3)82-57(91)41(21-17-24-67)73-56(40)90/h12-14,18-19,31,33-37,40-48,52-54H,9-11,15-17,20-30,32,67,69H2,1-8H3,(H2,68,84)(H,70,72)(H,71,89)(H,73,90)(H,74,93)(H,75,98)(H,76,97)(H,77,94)(H,78,96)(H,79,95)(H,80,99)(H,82,91)(H,83,92)(H,85,86)(H,87,88)/t35?,36-,37-,40?,41?,42+,43-,44?,45-,46?,47+,48?,52?,53-,54-/m0/s1. The lowest BCUT2D eigenvalue weighted by Gasteiger charge is -2.30. The van der Waals surface area contributed by atoms with Gasteiger partial charge in [-0.3, -0.25) is 72.1 Å². The summed E-state index contributed by atoms with van der Waals surface area (Å²) in [6.07, 6.45) is 0.368. The molecule has 15 atom stereocenters. The number of hydrogen-bond acceptors (Lipinski definition) is 19. The van der Waals surface area contributed by atoms with E-state index in [0.717, 1.165) is 6.42 Å². The summed E-state index contributed by atoms with van der Waals surface area (Å²) < 4.78 is 0. The molecule has 12 amide bonds. The lowest BCUT2D eigenvalue weighted by atomic mass is 9.96. The number of carbonyl (C=O) groups is 14. The number of aromatic nitrogens is 2. The van der Waals surface area contributed by atoms with Crippen LogP contribution >= 0.6 is 11.8 Å². The van der Waals surface area contributed by atoms with Crippen LogP contribution in [-0.2, 0) is 80.0 Å². The fourth-order valence-corrected chi connectivity index (χ4v) is 12.0. The second-order valence-electron chi connectivity index (χ2n) is 26.0. The van der Waals surface area contributed by atoms with Crippen molar-refractivity contribution in [2.45, 2.75) is 224 Å². The van der Waals surface area contributed by atoms with Gasteiger partial charge in [0.25, 0.3) is 0 Å². The van der Waals surface area contributed by atoms with Crippen molar-refractivity contribution in [3.63, 3.8) is 0 Å². The first kappa shape index (κ1) is 83.4. The molecule has 33 nitrogen and oxygen atoms in total. The van der Waals surface area contributed by atoms with E-state index < -0.39 is 193 Å². The number of H-pyrrole nitrogens is 1. The molecule has 0 bridgehead atoms. The molecule has 2 aliphatic heterocycles. The number of nitrogens with zero attached hydrogens (tertiary/aromatic N) is 2. The summed E-state index contributed by atoms with van der Waals surface area (Å²) in [6, 6.07) is -8.34. The number of aliphatic carboxylic acids is 2. The van der Waals surface area contributed by atoms with Gasteiger partial charge in [0, 0.05) is 43.5 Å². The number of hydrogen-bond donors (Lipinski definition) is 17. The maximum absolute atomic E-state index is 14.9. The van der Waals surface area contributed by atoms with Crippen LogP contribution in [0.3, 0.4) is 0 Å². The minimum atomic E-state index is -1.94. The zero-order valence-electron chi connectivity index (χ0n) is 58.2. The van der Waals surface area contributed by atoms with Gasteiger partial charge in [-0.25, -0.2) is 4.98 Å². The number of imidazole rings is 1. The molecule has 0 saturated carbocycles. The monoisotopic (exact) mass is 1420 g/mol. The molecule has 1 saturated heterocycles. The van der Waals surface area contributed by atoms with Crippen molar-refractivity contribution >= 4 is 99.6 Å². The molecule has 1 fully saturated rings. The highest BCUT2D eigenvalue weighted by atomic mass is 32.2. The molecule has 2 aliphatic rings. The van der Waals surface area contributed by atoms with Gasteiger partial charge in [-0.15, -0.1) is 11.8 Å². The third kappa shape index (κ3) is 27.6. The molecule has 2 aromatic rings. The number of thioether (sulfide) groups is 1. The Labute approximate surface area is 586 Å². The third-order valence-electron chi connectivity index (χ3n) is 17.5. The van der Waals surface area contributed by atoms with Crippen LogP contribution in [0.5, 0.6) is 0 Å². The Morgan fingerprint density at radius 2 is 1.26 bits per heavy atom. The summed E-state index contributed by atoms with van der Waals surface area (Å²) in [6.45, 7) is 14.1. The van der Waals surface area contributed by atoms with Gasteiger partial charge in [0.15, 0.2) is 0 Å². The highest BCUT2D eigenvalue weighted by molar-refractivity contribution is 8.14. The second-order valence-corrected chi connectivity index (χ2v) is 27.0. The maximum atomic E-state index is 14.9. The van der Waals surface area contributed by atoms with E-state index in [2.05, 4.69) is 73.4 Å². The van der Waals surface area contributed by atoms with Crippen LogP contribution in [0.25, 0.3) is 0 Å². The summed E-state index contributed by atoms with van der Waals surface area (Å²) in [4.78, 5) is 207. The molecule has 0 radical (unpaired) electrons. The van der Waals surface area contributed by atoms with Crippen LogP contribution in [0.1, 0.15) is 150 Å². The van der Waals surface area contributed by atoms with Crippen molar-refractivity contribution in [3.05, 3.63) is 54.1 Å². The SMILES string of the molecule is CCC(C)C(N)C1=NC(C(=O)N[C@@H](CC(C)C)C(=O)N[C@H](CCC(=O)O)C(=O)N[C@H](C(=O)NC2CCCCNC(=O)C(CC(N)=O)NC(=O)[C@@H](CC(=O)O)NC(=O)[C@H](Cc3cnc[nH]3)NC(=O)C(Cc3ccccc3)NC(=O)[C@H]([C@@H](C)CC)NC(=O)C(CCCN)NC2=O)[C@@H](C)CC)CS1. The molecule has 4 rings (SSSR count). The minimum absolute atomic E-state index is 0.00117. The van der Waals surface area contributed by atoms with Crippen molar-refractivity contribution in [2.24, 2.45) is 45.9 Å². The first-order valence-corrected chi connectivity index (χ1v) is 35.1. The average Bonchev–Trinajstić information content (AvgIpc) is 1.37. The minimum Gasteiger partial charge on any atom is -0.481 e. The molecule has 7 unspecified atom stereocenters. The number of carboxylic acids is 2. The number of aliphatic imine (C=N–C) groups is 1. The normalized spacial score (nSPS) is 23.1. The predicted molar refractivity (Wildman–Crippen MR) is 369 cm³/mol. The van der Waals surface area contributed by atoms with E-state index in [1.54, 1.807) is 58.0 Å². The van der Waals surface area contributed by atoms with Crippen LogP contribution in [0.2, 0.25) is 0 Å². The van der Waals surface area contributed by atoms with Gasteiger partial charge in [0.05, 0.1) is 30.3 Å². The molecule has 554 valence electrons. The van der Waals surface area contributed by atoms with Gasteiger partial charge >= 0.3 is 11.9 Å². The van der Waals surface area contributed by atoms with E-state index in [0.29, 0.717) is 16.3 Å². The summed E-state index contributed by atoms with van der Waals surface area (Å²) in [7, 11) is 0. The number of nitrogens with one attached hydrogen (secondary N) is 12. The van der Waals surface area contributed by atoms with E-state index in [4.69, 9.17) is 17.2 Å². The van der Waals surface area contributed by atoms with Crippen molar-refractivity contribution in [2.75, 3.05) is 18.8 Å². The number of rotatable bonds is 31. The molecule has 20 N–H and O–H groups in total. The fraction of sp³-hybridized carbons (Fsp3) is 0.636. The molecule has 34 heteroatoms. The van der Waals surface area contributed by atoms with Gasteiger partial charge < -0.3 is 90.9 Å². The topological polar surface area (TPSA) is 531 Å². The molecule has 1 aromatic heterocycles. The summed E-state index contributed by atoms with van der Waals surface area (Å²) in [5.41, 5.74) is 18.7. The summed E-state index contributed by atoms with van der Waals surface area (Å²) in [5.74, 6) is -15.4. The lowest BCUT2D eigenvalue weighted by Crippen LogP contribution is -2.62. The van der Waals surface area contributed by atoms with Crippen LogP contribution in [-0.4, -0.2) is 199 Å². The first-order chi connectivity index (χ1) is 47.4. The summed E-state index contributed by atoms with van der Waals surface area (Å²) >= 11 is 1.35. The highest BCUT2D eigenvalue weighted by Gasteiger charge is 2.40. The Hall–Kier alpha value is -9.05. The first-order valence-electron chi connectivity index (χ1n) is 34.1. The van der Waals surface area contributed by atoms with Crippen molar-refractivity contribution in [1.29, 1.82) is 0 Å². The van der Waals surface area contributed by atoms with Crippen molar-refractivity contribution < 1.29 is 77.3 Å². The van der Waals surface area contributed by atoms with Gasteiger partial charge in [-0.05, 0) is 80.7 Å². The van der Waals surface area contributed by atoms with E-state index >= 15 is 0 Å². The Morgan fingerprint density at radius 3 is 1.85 bits per heavy atom. The Bertz CT molecular complexity index is 3160. The van der Waals surface area contributed by atoms with Crippen molar-refractivity contribution in [3.8, 4) is 0 Å². The molecule has 0 spiro atoms. The van der Waals surface area contributed by atoms with Gasteiger partial charge in [-0.1, -0.05) is 105 Å². The van der Waals surface area contributed by atoms with E-state index in [1.165, 1.54) is 24.3 Å². The van der Waals surface area contributed by atoms with Crippen LogP contribution < -0.4 is 75.7 Å². The third-order valence-corrected chi connectivity index (χ3v) is 18.6. The fourth-order valence-electron chi connectivity index (χ4n) is 10.9. The molecule has 100 heavy (non-hydrogen) atoms. The largest absolute Gasteiger partial charge is 0.481 e. The number of amides is 12. The average molecular weight is 1420 g/mol. The predicted octanol–water partition coefficient (Wildman–Crippen LogP) is -1.68. The number of aromatic amines is 1. The van der Waals surface area contributed by atoms with E-state index in [-0.39, 0.29) is 94.9 Å². The number of nitrogens with two attached hydrogens (primary N) is 3. The zero-order chi connectivity index (χ0) is 74.3. The molecular formula is C66H103N17O16S. The highest BCUT2D eigenvalue weighted by Crippen LogP contribution is 2.25. The smallest absolute Gasteiger partial charge is 0.305 e. The molecule has 1 aromatic carbocycles. The van der Waals surface area contributed by atoms with Gasteiger partial charge in [-0.2, -0.15) is 0 Å². The molecule has 0 aliphatic carbocycles. The van der Waals surface area contributed by atoms with Crippen molar-refractivity contribution in [1.82, 2.24) is 68.5 Å². The van der Waals surface area contributed by atoms with Crippen LogP contribution in [0, 0.1) is 23.7 Å². The van der Waals surface area contributed by atoms with Gasteiger partial charge in [0.2, 0.25) is 70.9 Å². The Morgan fingerprint density at radius 1 is 0.660 bits per heavy atom. The number of carbonyl (C=O) groups excluding carboxylic acids is 12. The summed E-state index contributed by atoms with van der Waals surface area (Å²) in [5, 5.41) is 49.1. The number of carboxylic acid groups (broad SMARTS) is 2. The number of benzene rings is 1. The van der Waals surface area contributed by atoms with Crippen LogP contribution in [0.15, 0.2) is 47.8 Å². The molecule has 3 heterocycles. The Kier molecular flexibility index (Phi) is 35.1. The second kappa shape index (κ2) is 42.1. The lowest BCUT2D eigenvalue weighted by molar-refractivity contribution is -0.142.